The van der Waals surface area contributed by atoms with Crippen LogP contribution in [0.4, 0.5) is 5.69 Å². The molecule has 23 heavy (non-hydrogen) atoms. The van der Waals surface area contributed by atoms with Crippen molar-refractivity contribution in [2.75, 3.05) is 5.32 Å². The van der Waals surface area contributed by atoms with E-state index in [1.54, 1.807) is 12.1 Å². The number of aliphatic hydroxyl groups excluding tert-OH is 1. The van der Waals surface area contributed by atoms with Crippen LogP contribution in [0.3, 0.4) is 0 Å². The van der Waals surface area contributed by atoms with Gasteiger partial charge in [-0.2, -0.15) is 0 Å². The van der Waals surface area contributed by atoms with Gasteiger partial charge in [0, 0.05) is 23.4 Å². The van der Waals surface area contributed by atoms with Crippen molar-refractivity contribution in [1.29, 1.82) is 0 Å². The second-order valence-corrected chi connectivity index (χ2v) is 5.06. The van der Waals surface area contributed by atoms with Crippen molar-refractivity contribution in [3.05, 3.63) is 35.9 Å². The smallest absolute Gasteiger partial charge is 0.418 e. The molecule has 1 amide bonds. The van der Waals surface area contributed by atoms with Gasteiger partial charge in [0.25, 0.3) is 0 Å². The molecule has 0 aromatic heterocycles. The van der Waals surface area contributed by atoms with Crippen molar-refractivity contribution in [2.24, 2.45) is 0 Å². The lowest BCUT2D eigenvalue weighted by Gasteiger charge is -2.33. The molecule has 0 bridgehead atoms. The number of ether oxygens (including phenoxy) is 3. The van der Waals surface area contributed by atoms with Crippen LogP contribution in [0.25, 0.3) is 0 Å². The molecule has 0 spiro atoms. The molecule has 0 aliphatic carbocycles. The molecule has 8 nitrogen and oxygen atoms in total. The van der Waals surface area contributed by atoms with Crippen molar-refractivity contribution in [3.63, 3.8) is 0 Å². The minimum absolute atomic E-state index is 0.0571. The van der Waals surface area contributed by atoms with Gasteiger partial charge in [0.2, 0.25) is 5.91 Å². The molecule has 0 radical (unpaired) electrons. The van der Waals surface area contributed by atoms with Gasteiger partial charge in [0.05, 0.1) is 6.42 Å². The summed E-state index contributed by atoms with van der Waals surface area (Å²) in [5.74, 6) is -4.21. The molecular weight excluding hydrogens is 306 g/mol. The second-order valence-electron chi connectivity index (χ2n) is 5.06. The van der Waals surface area contributed by atoms with Crippen LogP contribution >= 0.6 is 0 Å². The van der Waals surface area contributed by atoms with E-state index >= 15 is 0 Å². The average molecular weight is 319 g/mol. The number of cyclic esters (lactones) is 2. The fourth-order valence-electron chi connectivity index (χ4n) is 2.27. The number of hydrogen-bond acceptors (Lipinski definition) is 7. The lowest BCUT2D eigenvalue weighted by molar-refractivity contribution is -0.338. The van der Waals surface area contributed by atoms with Crippen LogP contribution in [0.2, 0.25) is 0 Å². The molecule has 1 aromatic rings. The van der Waals surface area contributed by atoms with E-state index in [1.807, 2.05) is 0 Å². The van der Waals surface area contributed by atoms with Crippen molar-refractivity contribution >= 4 is 23.5 Å². The molecule has 120 valence electrons. The van der Waals surface area contributed by atoms with E-state index in [9.17, 15) is 19.5 Å². The highest BCUT2D eigenvalue weighted by atomic mass is 16.9. The van der Waals surface area contributed by atoms with E-state index < -0.39 is 24.0 Å². The van der Waals surface area contributed by atoms with Crippen LogP contribution in [0.1, 0.15) is 12.5 Å². The Hall–Kier alpha value is -2.87. The Morgan fingerprint density at radius 3 is 2.48 bits per heavy atom. The summed E-state index contributed by atoms with van der Waals surface area (Å²) in [6.45, 7) is 1.25. The minimum Gasteiger partial charge on any atom is -0.418 e. The lowest BCUT2D eigenvalue weighted by Crippen LogP contribution is -2.52. The number of benzene rings is 1. The number of carbonyl (C=O) groups excluding carboxylic acids is 3. The van der Waals surface area contributed by atoms with Gasteiger partial charge in [-0.05, 0) is 19.1 Å². The molecule has 1 atom stereocenters. The van der Waals surface area contributed by atoms with E-state index in [-0.39, 0.29) is 18.1 Å². The van der Waals surface area contributed by atoms with Crippen molar-refractivity contribution in [2.45, 2.75) is 25.4 Å². The highest BCUT2D eigenvalue weighted by Crippen LogP contribution is 2.35. The molecule has 0 saturated carbocycles. The number of aliphatic hydroxyl groups is 1. The summed E-state index contributed by atoms with van der Waals surface area (Å²) in [6.07, 6.45) is 0.324. The Labute approximate surface area is 130 Å². The SMILES string of the molecule is CC(O)C1(Oc2cccc3c2CC(=O)N3)OC(=O)C=CC(=O)O1. The van der Waals surface area contributed by atoms with Crippen LogP contribution in [-0.2, 0) is 30.3 Å². The van der Waals surface area contributed by atoms with Crippen molar-refractivity contribution in [3.8, 4) is 5.75 Å². The van der Waals surface area contributed by atoms with Gasteiger partial charge in [-0.1, -0.05) is 6.07 Å². The van der Waals surface area contributed by atoms with Gasteiger partial charge in [-0.25, -0.2) is 9.59 Å². The molecule has 8 heteroatoms. The molecule has 2 aliphatic heterocycles. The number of carbonyl (C=O) groups is 3. The Balaban J connectivity index is 1.99. The molecule has 2 heterocycles. The van der Waals surface area contributed by atoms with Crippen LogP contribution in [0.5, 0.6) is 5.75 Å². The number of anilines is 1. The van der Waals surface area contributed by atoms with E-state index in [0.717, 1.165) is 12.2 Å². The Morgan fingerprint density at radius 1 is 1.22 bits per heavy atom. The van der Waals surface area contributed by atoms with Crippen molar-refractivity contribution < 1.29 is 33.7 Å². The number of esters is 2. The topological polar surface area (TPSA) is 111 Å². The maximum Gasteiger partial charge on any atom is 0.449 e. The zero-order valence-corrected chi connectivity index (χ0v) is 12.1. The van der Waals surface area contributed by atoms with Gasteiger partial charge < -0.3 is 24.6 Å². The van der Waals surface area contributed by atoms with Crippen LogP contribution in [-0.4, -0.2) is 35.0 Å². The summed E-state index contributed by atoms with van der Waals surface area (Å²) in [7, 11) is 0. The van der Waals surface area contributed by atoms with E-state index in [0.29, 0.717) is 11.3 Å². The average Bonchev–Trinajstić information content (AvgIpc) is 2.79. The summed E-state index contributed by atoms with van der Waals surface area (Å²) < 4.78 is 15.5. The van der Waals surface area contributed by atoms with E-state index in [1.165, 1.54) is 13.0 Å². The number of rotatable bonds is 3. The first kappa shape index (κ1) is 15.0. The zero-order valence-electron chi connectivity index (χ0n) is 12.1. The summed E-state index contributed by atoms with van der Waals surface area (Å²) in [6, 6.07) is 4.80. The standard InChI is InChI=1S/C15H13NO7/c1-8(17)15(22-13(19)5-6-14(20)23-15)21-11-4-2-3-10-9(11)7-12(18)16-10/h2-6,8,17H,7H2,1H3,(H,16,18). The third kappa shape index (κ3) is 2.76. The molecule has 3 rings (SSSR count). The fourth-order valence-corrected chi connectivity index (χ4v) is 2.27. The van der Waals surface area contributed by atoms with Gasteiger partial charge >= 0.3 is 17.9 Å². The Bertz CT molecular complexity index is 703. The van der Waals surface area contributed by atoms with E-state index in [4.69, 9.17) is 14.2 Å². The minimum atomic E-state index is -2.33. The Kier molecular flexibility index (Phi) is 3.53. The quantitative estimate of drug-likeness (QED) is 0.768. The molecule has 2 N–H and O–H groups in total. The van der Waals surface area contributed by atoms with E-state index in [2.05, 4.69) is 5.32 Å². The molecule has 0 saturated heterocycles. The molecule has 1 unspecified atom stereocenters. The maximum atomic E-state index is 11.6. The van der Waals surface area contributed by atoms with Gasteiger partial charge in [0.15, 0.2) is 6.10 Å². The summed E-state index contributed by atoms with van der Waals surface area (Å²) >= 11 is 0. The number of amides is 1. The highest BCUT2D eigenvalue weighted by molar-refractivity contribution is 6.00. The maximum absolute atomic E-state index is 11.6. The predicted molar refractivity (Wildman–Crippen MR) is 75.1 cm³/mol. The number of hydrogen-bond donors (Lipinski definition) is 2. The highest BCUT2D eigenvalue weighted by Gasteiger charge is 2.49. The van der Waals surface area contributed by atoms with Crippen LogP contribution in [0.15, 0.2) is 30.4 Å². The normalized spacial score (nSPS) is 20.0. The molecule has 0 fully saturated rings. The zero-order chi connectivity index (χ0) is 16.6. The second kappa shape index (κ2) is 5.40. The third-order valence-corrected chi connectivity index (χ3v) is 3.35. The lowest BCUT2D eigenvalue weighted by atomic mass is 10.1. The molecular formula is C15H13NO7. The van der Waals surface area contributed by atoms with Gasteiger partial charge in [-0.15, -0.1) is 0 Å². The summed E-state index contributed by atoms with van der Waals surface area (Å²) in [5, 5.41) is 12.6. The van der Waals surface area contributed by atoms with Crippen LogP contribution in [0, 0.1) is 0 Å². The van der Waals surface area contributed by atoms with Gasteiger partial charge in [0.1, 0.15) is 5.75 Å². The fraction of sp³-hybridized carbons (Fsp3) is 0.267. The monoisotopic (exact) mass is 319 g/mol. The summed E-state index contributed by atoms with van der Waals surface area (Å²) in [4.78, 5) is 34.8. The van der Waals surface area contributed by atoms with Gasteiger partial charge in [-0.3, -0.25) is 4.79 Å². The largest absolute Gasteiger partial charge is 0.449 e. The number of nitrogens with one attached hydrogen (secondary N) is 1. The van der Waals surface area contributed by atoms with Crippen molar-refractivity contribution in [1.82, 2.24) is 0 Å². The first-order chi connectivity index (χ1) is 10.9. The first-order valence-corrected chi connectivity index (χ1v) is 6.82. The summed E-state index contributed by atoms with van der Waals surface area (Å²) in [5.41, 5.74) is 1.06. The number of fused-ring (bicyclic) bond motifs is 1. The molecule has 2 aliphatic rings. The molecule has 1 aromatic carbocycles. The third-order valence-electron chi connectivity index (χ3n) is 3.35. The predicted octanol–water partition coefficient (Wildman–Crippen LogP) is 0.251. The van der Waals surface area contributed by atoms with Crippen LogP contribution < -0.4 is 10.1 Å². The first-order valence-electron chi connectivity index (χ1n) is 6.82. The Morgan fingerprint density at radius 2 is 1.87 bits per heavy atom.